The van der Waals surface area contributed by atoms with Gasteiger partial charge in [-0.3, -0.25) is 4.79 Å². The van der Waals surface area contributed by atoms with E-state index in [0.717, 1.165) is 24.7 Å². The highest BCUT2D eigenvalue weighted by Crippen LogP contribution is 2.36. The van der Waals surface area contributed by atoms with Crippen molar-refractivity contribution < 1.29 is 13.6 Å². The second-order valence-corrected chi connectivity index (χ2v) is 7.29. The van der Waals surface area contributed by atoms with Crippen LogP contribution in [0.15, 0.2) is 48.7 Å². The van der Waals surface area contributed by atoms with Crippen molar-refractivity contribution in [3.63, 3.8) is 0 Å². The van der Waals surface area contributed by atoms with E-state index >= 15 is 0 Å². The fourth-order valence-corrected chi connectivity index (χ4v) is 4.16. The summed E-state index contributed by atoms with van der Waals surface area (Å²) in [6.45, 7) is 0.782. The van der Waals surface area contributed by atoms with E-state index in [2.05, 4.69) is 16.0 Å². The van der Waals surface area contributed by atoms with E-state index in [-0.39, 0.29) is 18.1 Å². The number of para-hydroxylation sites is 1. The molecule has 2 heterocycles. The van der Waals surface area contributed by atoms with Crippen LogP contribution in [0.5, 0.6) is 0 Å². The molecular weight excluding hydrogens is 360 g/mol. The first-order chi connectivity index (χ1) is 13.6. The number of carbonyl (C=O) groups is 1. The second-order valence-electron chi connectivity index (χ2n) is 7.29. The number of carbonyl (C=O) groups excluding carboxylic acids is 1. The molecule has 1 aliphatic carbocycles. The SMILES string of the molecule is O=C1CC(c2cc(F)cc(F)c2)Cc2nc(N3CCc4ccccc43)ncc21. The molecule has 0 bridgehead atoms. The highest BCUT2D eigenvalue weighted by Gasteiger charge is 2.30. The van der Waals surface area contributed by atoms with Crippen LogP contribution in [0.4, 0.5) is 20.4 Å². The Hall–Kier alpha value is -3.15. The first-order valence-corrected chi connectivity index (χ1v) is 9.29. The molecule has 2 aromatic carbocycles. The highest BCUT2D eigenvalue weighted by molar-refractivity contribution is 5.98. The van der Waals surface area contributed by atoms with Crippen LogP contribution in [-0.4, -0.2) is 22.3 Å². The van der Waals surface area contributed by atoms with Crippen molar-refractivity contribution in [1.29, 1.82) is 0 Å². The number of rotatable bonds is 2. The number of anilines is 2. The largest absolute Gasteiger partial charge is 0.310 e. The molecule has 5 rings (SSSR count). The van der Waals surface area contributed by atoms with Crippen LogP contribution >= 0.6 is 0 Å². The third-order valence-electron chi connectivity index (χ3n) is 5.51. The maximum Gasteiger partial charge on any atom is 0.230 e. The lowest BCUT2D eigenvalue weighted by molar-refractivity contribution is 0.0962. The fourth-order valence-electron chi connectivity index (χ4n) is 4.16. The van der Waals surface area contributed by atoms with E-state index in [9.17, 15) is 13.6 Å². The lowest BCUT2D eigenvalue weighted by Gasteiger charge is -2.25. The summed E-state index contributed by atoms with van der Waals surface area (Å²) in [7, 11) is 0. The zero-order valence-electron chi connectivity index (χ0n) is 15.0. The molecule has 140 valence electrons. The predicted octanol–water partition coefficient (Wildman–Crippen LogP) is 4.36. The molecule has 6 heteroatoms. The molecule has 0 fully saturated rings. The van der Waals surface area contributed by atoms with Crippen LogP contribution in [0.1, 0.15) is 39.5 Å². The Bertz CT molecular complexity index is 1080. The average molecular weight is 377 g/mol. The van der Waals surface area contributed by atoms with Crippen LogP contribution in [0, 0.1) is 11.6 Å². The van der Waals surface area contributed by atoms with E-state index in [1.165, 1.54) is 17.7 Å². The van der Waals surface area contributed by atoms with Crippen LogP contribution < -0.4 is 4.90 Å². The van der Waals surface area contributed by atoms with Gasteiger partial charge in [0.15, 0.2) is 5.78 Å². The number of hydrogen-bond acceptors (Lipinski definition) is 4. The quantitative estimate of drug-likeness (QED) is 0.666. The Morgan fingerprint density at radius 1 is 1.04 bits per heavy atom. The number of halogens is 2. The monoisotopic (exact) mass is 377 g/mol. The molecule has 4 nitrogen and oxygen atoms in total. The zero-order valence-corrected chi connectivity index (χ0v) is 15.0. The number of nitrogens with zero attached hydrogens (tertiary/aromatic N) is 3. The maximum absolute atomic E-state index is 13.6. The van der Waals surface area contributed by atoms with Crippen molar-refractivity contribution in [2.45, 2.75) is 25.2 Å². The molecule has 3 aromatic rings. The molecule has 0 saturated heterocycles. The number of Topliss-reactive ketones (excluding diaryl/α,β-unsaturated/α-hetero) is 1. The van der Waals surface area contributed by atoms with Crippen molar-refractivity contribution >= 4 is 17.4 Å². The fraction of sp³-hybridized carbons (Fsp3) is 0.227. The molecule has 0 N–H and O–H groups in total. The minimum absolute atomic E-state index is 0.0932. The van der Waals surface area contributed by atoms with E-state index in [1.54, 1.807) is 6.20 Å². The number of aromatic nitrogens is 2. The molecule has 1 aliphatic heterocycles. The van der Waals surface area contributed by atoms with Crippen LogP contribution in [0.2, 0.25) is 0 Å². The summed E-state index contributed by atoms with van der Waals surface area (Å²) in [5, 5.41) is 0. The molecule has 0 radical (unpaired) electrons. The van der Waals surface area contributed by atoms with Gasteiger partial charge in [-0.05, 0) is 48.1 Å². The Balaban J connectivity index is 1.50. The van der Waals surface area contributed by atoms with Gasteiger partial charge in [-0.2, -0.15) is 0 Å². The van der Waals surface area contributed by atoms with Gasteiger partial charge in [0.05, 0.1) is 11.3 Å². The van der Waals surface area contributed by atoms with Gasteiger partial charge in [-0.25, -0.2) is 18.7 Å². The van der Waals surface area contributed by atoms with Gasteiger partial charge in [0.25, 0.3) is 0 Å². The van der Waals surface area contributed by atoms with Gasteiger partial charge in [0.2, 0.25) is 5.95 Å². The number of benzene rings is 2. The van der Waals surface area contributed by atoms with Gasteiger partial charge in [-0.15, -0.1) is 0 Å². The first-order valence-electron chi connectivity index (χ1n) is 9.29. The van der Waals surface area contributed by atoms with Gasteiger partial charge in [0, 0.05) is 30.9 Å². The minimum Gasteiger partial charge on any atom is -0.310 e. The lowest BCUT2D eigenvalue weighted by Crippen LogP contribution is -2.23. The van der Waals surface area contributed by atoms with Crippen molar-refractivity contribution in [3.8, 4) is 0 Å². The third kappa shape index (κ3) is 2.85. The van der Waals surface area contributed by atoms with Gasteiger partial charge in [-0.1, -0.05) is 18.2 Å². The van der Waals surface area contributed by atoms with Crippen molar-refractivity contribution in [1.82, 2.24) is 9.97 Å². The van der Waals surface area contributed by atoms with Crippen LogP contribution in [0.3, 0.4) is 0 Å². The summed E-state index contributed by atoms with van der Waals surface area (Å²) in [6.07, 6.45) is 3.16. The molecule has 0 saturated carbocycles. The van der Waals surface area contributed by atoms with E-state index in [1.807, 2.05) is 23.1 Å². The van der Waals surface area contributed by atoms with Crippen LogP contribution in [-0.2, 0) is 12.8 Å². The molecule has 1 atom stereocenters. The Morgan fingerprint density at radius 3 is 2.64 bits per heavy atom. The number of hydrogen-bond donors (Lipinski definition) is 0. The molecule has 1 aromatic heterocycles. The van der Waals surface area contributed by atoms with Gasteiger partial charge in [0.1, 0.15) is 11.6 Å². The first kappa shape index (κ1) is 17.0. The Kier molecular flexibility index (Phi) is 3.93. The molecular formula is C22H17F2N3O. The van der Waals surface area contributed by atoms with Crippen LogP contribution in [0.25, 0.3) is 0 Å². The normalized spacial score (nSPS) is 18.1. The van der Waals surface area contributed by atoms with Crippen molar-refractivity contribution in [2.24, 2.45) is 0 Å². The minimum atomic E-state index is -0.634. The van der Waals surface area contributed by atoms with Gasteiger partial charge >= 0.3 is 0 Å². The molecule has 0 spiro atoms. The summed E-state index contributed by atoms with van der Waals surface area (Å²) in [4.78, 5) is 23.7. The molecule has 2 aliphatic rings. The van der Waals surface area contributed by atoms with Crippen molar-refractivity contribution in [3.05, 3.63) is 82.7 Å². The summed E-state index contributed by atoms with van der Waals surface area (Å²) in [5.41, 5.74) is 3.95. The smallest absolute Gasteiger partial charge is 0.230 e. The lowest BCUT2D eigenvalue weighted by atomic mass is 9.82. The summed E-state index contributed by atoms with van der Waals surface area (Å²) >= 11 is 0. The average Bonchev–Trinajstić information content (AvgIpc) is 3.11. The maximum atomic E-state index is 13.6. The highest BCUT2D eigenvalue weighted by atomic mass is 19.1. The van der Waals surface area contributed by atoms with Gasteiger partial charge < -0.3 is 4.90 Å². The van der Waals surface area contributed by atoms with Crippen molar-refractivity contribution in [2.75, 3.05) is 11.4 Å². The Labute approximate surface area is 160 Å². The molecule has 0 amide bonds. The zero-order chi connectivity index (χ0) is 19.3. The topological polar surface area (TPSA) is 46.1 Å². The Morgan fingerprint density at radius 2 is 1.82 bits per heavy atom. The van der Waals surface area contributed by atoms with E-state index in [4.69, 9.17) is 0 Å². The number of ketones is 1. The second kappa shape index (κ2) is 6.48. The predicted molar refractivity (Wildman–Crippen MR) is 101 cm³/mol. The summed E-state index contributed by atoms with van der Waals surface area (Å²) < 4.78 is 27.3. The summed E-state index contributed by atoms with van der Waals surface area (Å²) in [5.74, 6) is -1.10. The summed E-state index contributed by atoms with van der Waals surface area (Å²) in [6, 6.07) is 11.5. The molecule has 28 heavy (non-hydrogen) atoms. The standard InChI is InChI=1S/C22H17F2N3O/c23-16-7-14(8-17(24)11-16)15-9-19-18(21(28)10-15)12-25-22(26-19)27-6-5-13-3-1-2-4-20(13)27/h1-4,7-8,11-12,15H,5-6,9-10H2. The van der Waals surface area contributed by atoms with E-state index in [0.29, 0.717) is 29.2 Å². The molecule has 1 unspecified atom stereocenters. The van der Waals surface area contributed by atoms with E-state index < -0.39 is 11.6 Å². The number of fused-ring (bicyclic) bond motifs is 2. The third-order valence-corrected chi connectivity index (χ3v) is 5.51.